The first-order chi connectivity index (χ1) is 9.53. The molecule has 0 N–H and O–H groups in total. The van der Waals surface area contributed by atoms with E-state index in [1.165, 1.54) is 0 Å². The Hall–Kier alpha value is -1.19. The van der Waals surface area contributed by atoms with E-state index in [-0.39, 0.29) is 23.6 Å². The SMILES string of the molecule is CCCC(=O)CCC(=O)CCCC(CC)OC(=O)CC. The van der Waals surface area contributed by atoms with Crippen LogP contribution >= 0.6 is 0 Å². The Morgan fingerprint density at radius 2 is 1.50 bits per heavy atom. The van der Waals surface area contributed by atoms with Crippen LogP contribution in [-0.2, 0) is 19.1 Å². The molecule has 0 aromatic heterocycles. The van der Waals surface area contributed by atoms with E-state index in [1.54, 1.807) is 6.92 Å². The highest BCUT2D eigenvalue weighted by Crippen LogP contribution is 2.11. The minimum absolute atomic E-state index is 0.0861. The van der Waals surface area contributed by atoms with E-state index in [2.05, 4.69) is 0 Å². The summed E-state index contributed by atoms with van der Waals surface area (Å²) in [4.78, 5) is 34.2. The van der Waals surface area contributed by atoms with Gasteiger partial charge in [-0.15, -0.1) is 0 Å². The number of ether oxygens (including phenoxy) is 1. The van der Waals surface area contributed by atoms with Gasteiger partial charge in [-0.05, 0) is 25.7 Å². The number of carbonyl (C=O) groups is 3. The molecule has 4 heteroatoms. The zero-order valence-corrected chi connectivity index (χ0v) is 13.1. The molecule has 0 aromatic rings. The van der Waals surface area contributed by atoms with Gasteiger partial charge in [-0.3, -0.25) is 14.4 Å². The molecule has 1 atom stereocenters. The molecule has 0 aliphatic rings. The summed E-state index contributed by atoms with van der Waals surface area (Å²) in [6, 6.07) is 0. The summed E-state index contributed by atoms with van der Waals surface area (Å²) in [5.74, 6) is 0.114. The predicted molar refractivity (Wildman–Crippen MR) is 78.5 cm³/mol. The number of carbonyl (C=O) groups excluding carboxylic acids is 3. The van der Waals surface area contributed by atoms with Crippen LogP contribution in [0.1, 0.15) is 78.6 Å². The molecule has 0 rings (SSSR count). The van der Waals surface area contributed by atoms with Gasteiger partial charge in [0.15, 0.2) is 0 Å². The van der Waals surface area contributed by atoms with Crippen molar-refractivity contribution < 1.29 is 19.1 Å². The van der Waals surface area contributed by atoms with Crippen LogP contribution in [0.5, 0.6) is 0 Å². The van der Waals surface area contributed by atoms with E-state index in [4.69, 9.17) is 4.74 Å². The zero-order chi connectivity index (χ0) is 15.4. The summed E-state index contributed by atoms with van der Waals surface area (Å²) in [6.07, 6.45) is 5.11. The average molecular weight is 284 g/mol. The van der Waals surface area contributed by atoms with E-state index >= 15 is 0 Å². The highest BCUT2D eigenvalue weighted by molar-refractivity contribution is 5.85. The molecule has 116 valence electrons. The fourth-order valence-corrected chi connectivity index (χ4v) is 1.95. The van der Waals surface area contributed by atoms with E-state index in [0.717, 1.165) is 25.7 Å². The third kappa shape index (κ3) is 9.70. The monoisotopic (exact) mass is 284 g/mol. The maximum atomic E-state index is 11.6. The molecule has 0 bridgehead atoms. The van der Waals surface area contributed by atoms with Gasteiger partial charge in [0.1, 0.15) is 17.7 Å². The van der Waals surface area contributed by atoms with E-state index in [0.29, 0.717) is 32.1 Å². The van der Waals surface area contributed by atoms with Crippen molar-refractivity contribution >= 4 is 17.5 Å². The molecule has 0 fully saturated rings. The Kier molecular flexibility index (Phi) is 10.9. The minimum atomic E-state index is -0.187. The van der Waals surface area contributed by atoms with Gasteiger partial charge < -0.3 is 4.74 Å². The number of esters is 1. The molecular weight excluding hydrogens is 256 g/mol. The Labute approximate surface area is 122 Å². The van der Waals surface area contributed by atoms with Gasteiger partial charge in [0.25, 0.3) is 0 Å². The van der Waals surface area contributed by atoms with Crippen molar-refractivity contribution in [2.45, 2.75) is 84.7 Å². The van der Waals surface area contributed by atoms with Crippen molar-refractivity contribution in [3.8, 4) is 0 Å². The number of rotatable bonds is 12. The van der Waals surface area contributed by atoms with Crippen LogP contribution < -0.4 is 0 Å². The quantitative estimate of drug-likeness (QED) is 0.514. The molecule has 0 aromatic carbocycles. The first-order valence-corrected chi connectivity index (χ1v) is 7.76. The van der Waals surface area contributed by atoms with Crippen LogP contribution in [0, 0.1) is 0 Å². The molecule has 0 saturated carbocycles. The van der Waals surface area contributed by atoms with Crippen molar-refractivity contribution in [2.24, 2.45) is 0 Å². The lowest BCUT2D eigenvalue weighted by Crippen LogP contribution is -2.17. The van der Waals surface area contributed by atoms with Gasteiger partial charge in [-0.25, -0.2) is 0 Å². The van der Waals surface area contributed by atoms with Gasteiger partial charge in [-0.1, -0.05) is 20.8 Å². The van der Waals surface area contributed by atoms with Gasteiger partial charge in [0.05, 0.1) is 0 Å². The highest BCUT2D eigenvalue weighted by atomic mass is 16.5. The second-order valence-corrected chi connectivity index (χ2v) is 5.09. The van der Waals surface area contributed by atoms with E-state index in [1.807, 2.05) is 13.8 Å². The minimum Gasteiger partial charge on any atom is -0.462 e. The first-order valence-electron chi connectivity index (χ1n) is 7.76. The number of ketones is 2. The average Bonchev–Trinajstić information content (AvgIpc) is 2.44. The van der Waals surface area contributed by atoms with E-state index in [9.17, 15) is 14.4 Å². The van der Waals surface area contributed by atoms with Crippen LogP contribution in [0.25, 0.3) is 0 Å². The first kappa shape index (κ1) is 18.8. The summed E-state index contributed by atoms with van der Waals surface area (Å²) in [6.45, 7) is 5.70. The molecule has 0 saturated heterocycles. The van der Waals surface area contributed by atoms with Gasteiger partial charge in [0, 0.05) is 32.1 Å². The smallest absolute Gasteiger partial charge is 0.305 e. The Balaban J connectivity index is 3.78. The Bertz CT molecular complexity index is 310. The van der Waals surface area contributed by atoms with Crippen molar-refractivity contribution in [1.29, 1.82) is 0 Å². The molecule has 0 spiro atoms. The topological polar surface area (TPSA) is 60.4 Å². The van der Waals surface area contributed by atoms with Crippen LogP contribution in [-0.4, -0.2) is 23.6 Å². The number of hydrogen-bond donors (Lipinski definition) is 0. The van der Waals surface area contributed by atoms with Crippen LogP contribution in [0.15, 0.2) is 0 Å². The lowest BCUT2D eigenvalue weighted by atomic mass is 10.0. The van der Waals surface area contributed by atoms with Gasteiger partial charge >= 0.3 is 5.97 Å². The fourth-order valence-electron chi connectivity index (χ4n) is 1.95. The van der Waals surface area contributed by atoms with Crippen molar-refractivity contribution in [3.63, 3.8) is 0 Å². The van der Waals surface area contributed by atoms with Crippen LogP contribution in [0.3, 0.4) is 0 Å². The maximum Gasteiger partial charge on any atom is 0.305 e. The van der Waals surface area contributed by atoms with Gasteiger partial charge in [-0.2, -0.15) is 0 Å². The predicted octanol–water partition coefficient (Wildman–Crippen LogP) is 3.61. The summed E-state index contributed by atoms with van der Waals surface area (Å²) >= 11 is 0. The Morgan fingerprint density at radius 3 is 2.00 bits per heavy atom. The maximum absolute atomic E-state index is 11.6. The highest BCUT2D eigenvalue weighted by Gasteiger charge is 2.12. The molecule has 0 heterocycles. The number of hydrogen-bond acceptors (Lipinski definition) is 4. The normalized spacial score (nSPS) is 11.9. The standard InChI is InChI=1S/C16H28O4/c1-4-8-13(17)11-12-14(18)9-7-10-15(5-2)20-16(19)6-3/h15H,4-12H2,1-3H3. The third-order valence-corrected chi connectivity index (χ3v) is 3.24. The Morgan fingerprint density at radius 1 is 0.900 bits per heavy atom. The lowest BCUT2D eigenvalue weighted by molar-refractivity contribution is -0.149. The molecule has 0 amide bonds. The van der Waals surface area contributed by atoms with E-state index < -0.39 is 0 Å². The number of Topliss-reactive ketones (excluding diaryl/α,β-unsaturated/α-hetero) is 2. The van der Waals surface area contributed by atoms with Crippen LogP contribution in [0.2, 0.25) is 0 Å². The summed E-state index contributed by atoms with van der Waals surface area (Å²) in [5, 5.41) is 0. The third-order valence-electron chi connectivity index (χ3n) is 3.24. The lowest BCUT2D eigenvalue weighted by Gasteiger charge is -2.15. The molecule has 1 unspecified atom stereocenters. The molecule has 0 aliphatic carbocycles. The largest absolute Gasteiger partial charge is 0.462 e. The summed E-state index contributed by atoms with van der Waals surface area (Å²) in [5.41, 5.74) is 0. The van der Waals surface area contributed by atoms with Gasteiger partial charge in [0.2, 0.25) is 0 Å². The van der Waals surface area contributed by atoms with Crippen LogP contribution in [0.4, 0.5) is 0 Å². The molecule has 20 heavy (non-hydrogen) atoms. The summed E-state index contributed by atoms with van der Waals surface area (Å²) in [7, 11) is 0. The fraction of sp³-hybridized carbons (Fsp3) is 0.812. The zero-order valence-electron chi connectivity index (χ0n) is 13.1. The van der Waals surface area contributed by atoms with Crippen molar-refractivity contribution in [3.05, 3.63) is 0 Å². The molecule has 0 aliphatic heterocycles. The molecule has 0 radical (unpaired) electrons. The molecule has 4 nitrogen and oxygen atoms in total. The molecular formula is C16H28O4. The van der Waals surface area contributed by atoms with Crippen molar-refractivity contribution in [1.82, 2.24) is 0 Å². The second-order valence-electron chi connectivity index (χ2n) is 5.09. The van der Waals surface area contributed by atoms with Crippen molar-refractivity contribution in [2.75, 3.05) is 0 Å². The second kappa shape index (κ2) is 11.6. The summed E-state index contributed by atoms with van der Waals surface area (Å²) < 4.78 is 5.26.